The Morgan fingerprint density at radius 3 is 0.987 bits per heavy atom. The summed E-state index contributed by atoms with van der Waals surface area (Å²) in [4.78, 5) is 16.6. The molecule has 0 saturated carbocycles. The van der Waals surface area contributed by atoms with Crippen molar-refractivity contribution in [1.82, 2.24) is 4.98 Å². The van der Waals surface area contributed by atoms with Gasteiger partial charge in [-0.3, -0.25) is 4.98 Å². The summed E-state index contributed by atoms with van der Waals surface area (Å²) in [6.45, 7) is 3.40. The Balaban J connectivity index is 0.000000303. The molecule has 0 aliphatic rings. The first-order valence-electron chi connectivity index (χ1n) is 24.8. The maximum Gasteiger partial charge on any atom is 0.405 e. The summed E-state index contributed by atoms with van der Waals surface area (Å²) in [6, 6.07) is 10.1. The number of carbonyl (C=O) groups excluding carboxylic acids is 1. The van der Waals surface area contributed by atoms with Crippen LogP contribution < -0.4 is 26.4 Å². The van der Waals surface area contributed by atoms with Crippen LogP contribution in [-0.2, 0) is 11.3 Å². The molecule has 0 bridgehead atoms. The highest BCUT2D eigenvalue weighted by atomic mass is 19.2. The zero-order chi connectivity index (χ0) is 58.5. The molecule has 0 atom stereocenters. The highest BCUT2D eigenvalue weighted by Crippen LogP contribution is 2.31. The smallest absolute Gasteiger partial charge is 0.405 e. The summed E-state index contributed by atoms with van der Waals surface area (Å²) in [5, 5.41) is 0. The van der Waals surface area contributed by atoms with Gasteiger partial charge in [-0.25, -0.2) is 92.6 Å². The van der Waals surface area contributed by atoms with E-state index in [4.69, 9.17) is 4.74 Å². The van der Waals surface area contributed by atoms with E-state index in [1.54, 1.807) is 12.4 Å². The quantitative estimate of drug-likeness (QED) is 0.0115. The molecule has 25 heteroatoms. The summed E-state index contributed by atoms with van der Waals surface area (Å²) >= 11 is 0. The third-order valence-corrected chi connectivity index (χ3v) is 13.2. The molecule has 0 spiro atoms. The molecule has 0 unspecified atom stereocenters. The Kier molecular flexibility index (Phi) is 22.7. The number of ether oxygens (including phenoxy) is 1. The number of unbranched alkanes of at least 4 members (excludes halogenated alkanes) is 15. The maximum atomic E-state index is 15.4. The normalized spacial score (nSPS) is 11.6. The number of benzene rings is 5. The molecule has 1 heterocycles. The molecule has 0 aliphatic heterocycles. The molecular formula is C54H47BF20N2O2. The van der Waals surface area contributed by atoms with Crippen molar-refractivity contribution in [3.63, 3.8) is 0 Å². The van der Waals surface area contributed by atoms with Crippen molar-refractivity contribution in [2.45, 2.75) is 116 Å². The molecule has 6 rings (SSSR count). The Morgan fingerprint density at radius 1 is 0.405 bits per heavy atom. The van der Waals surface area contributed by atoms with Crippen LogP contribution in [0.2, 0.25) is 0 Å². The molecule has 4 nitrogen and oxygen atoms in total. The second-order valence-corrected chi connectivity index (χ2v) is 18.3. The van der Waals surface area contributed by atoms with Gasteiger partial charge in [0.1, 0.15) is 58.9 Å². The fourth-order valence-electron chi connectivity index (χ4n) is 9.24. The lowest BCUT2D eigenvalue weighted by atomic mass is 9.12. The SMILES string of the molecule is CCCCCCCCCCCCCCCCCCOC(=O)c1cncc[n+]1Cc1ccccc1.Fc1c(F)c(F)c([B-](c2c(F)c(F)c(F)c(F)c2F)(c2c(F)c(F)c(F)c(F)c2F)c2c(F)c(F)c(F)c(F)c2F)c(F)c1F. The van der Waals surface area contributed by atoms with Crippen molar-refractivity contribution in [3.05, 3.63) is 177 Å². The van der Waals surface area contributed by atoms with Crippen LogP contribution in [0.15, 0.2) is 48.9 Å². The minimum atomic E-state index is -7.22. The topological polar surface area (TPSA) is 43.1 Å². The Morgan fingerprint density at radius 2 is 0.684 bits per heavy atom. The van der Waals surface area contributed by atoms with E-state index >= 15 is 35.1 Å². The number of esters is 1. The Hall–Kier alpha value is -6.69. The van der Waals surface area contributed by atoms with E-state index < -0.39 is 144 Å². The van der Waals surface area contributed by atoms with E-state index in [1.807, 2.05) is 29.0 Å². The molecule has 0 aliphatic carbocycles. The molecule has 0 N–H and O–H groups in total. The summed E-state index contributed by atoms with van der Waals surface area (Å²) in [5.74, 6) is -71.7. The van der Waals surface area contributed by atoms with E-state index in [2.05, 4.69) is 24.0 Å². The van der Waals surface area contributed by atoms with Crippen LogP contribution in [0.25, 0.3) is 0 Å². The summed E-state index contributed by atoms with van der Waals surface area (Å²) in [6.07, 6.45) is 19.3. The molecular weight excluding hydrogens is 1100 g/mol. The first kappa shape index (κ1) is 63.1. The van der Waals surface area contributed by atoms with Crippen LogP contribution in [0, 0.1) is 116 Å². The number of nitrogens with zero attached hydrogens (tertiary/aromatic N) is 2. The van der Waals surface area contributed by atoms with Crippen LogP contribution in [-0.4, -0.2) is 23.7 Å². The molecule has 0 amide bonds. The first-order chi connectivity index (χ1) is 37.5. The van der Waals surface area contributed by atoms with Gasteiger partial charge < -0.3 is 4.74 Å². The second-order valence-electron chi connectivity index (χ2n) is 18.3. The van der Waals surface area contributed by atoms with Crippen molar-refractivity contribution in [2.24, 2.45) is 0 Å². The number of hydrogen-bond donors (Lipinski definition) is 0. The fourth-order valence-corrected chi connectivity index (χ4v) is 9.24. The van der Waals surface area contributed by atoms with Gasteiger partial charge in [0.2, 0.25) is 0 Å². The largest absolute Gasteiger partial charge is 0.458 e. The predicted octanol–water partition coefficient (Wildman–Crippen LogP) is 13.7. The van der Waals surface area contributed by atoms with Gasteiger partial charge in [-0.1, -0.05) is 134 Å². The molecule has 0 fully saturated rings. The van der Waals surface area contributed by atoms with E-state index in [0.29, 0.717) is 18.8 Å². The highest BCUT2D eigenvalue weighted by Gasteiger charge is 2.52. The number of aromatic nitrogens is 2. The van der Waals surface area contributed by atoms with E-state index in [0.717, 1.165) is 18.4 Å². The zero-order valence-corrected chi connectivity index (χ0v) is 41.7. The summed E-state index contributed by atoms with van der Waals surface area (Å²) in [7, 11) is 0. The lowest BCUT2D eigenvalue weighted by molar-refractivity contribution is -0.691. The monoisotopic (exact) mass is 1150 g/mol. The molecule has 6 aromatic rings. The molecule has 0 saturated heterocycles. The minimum absolute atomic E-state index is 0.287. The lowest BCUT2D eigenvalue weighted by Gasteiger charge is -2.44. The predicted molar refractivity (Wildman–Crippen MR) is 249 cm³/mol. The van der Waals surface area contributed by atoms with Crippen LogP contribution in [0.5, 0.6) is 0 Å². The van der Waals surface area contributed by atoms with Crippen LogP contribution in [0.4, 0.5) is 87.8 Å². The molecule has 79 heavy (non-hydrogen) atoms. The molecule has 5 aromatic carbocycles. The average Bonchev–Trinajstić information content (AvgIpc) is 2.41. The number of hydrogen-bond acceptors (Lipinski definition) is 3. The van der Waals surface area contributed by atoms with Crippen molar-refractivity contribution >= 4 is 34.0 Å². The van der Waals surface area contributed by atoms with Gasteiger partial charge in [-0.05, 0) is 6.42 Å². The number of halogens is 20. The Labute approximate surface area is 439 Å². The van der Waals surface area contributed by atoms with Gasteiger partial charge in [-0.15, -0.1) is 21.9 Å². The lowest BCUT2D eigenvalue weighted by Crippen LogP contribution is -2.81. The van der Waals surface area contributed by atoms with Crippen molar-refractivity contribution in [2.75, 3.05) is 6.61 Å². The van der Waals surface area contributed by atoms with Crippen LogP contribution in [0.3, 0.4) is 0 Å². The maximum absolute atomic E-state index is 15.4. The zero-order valence-electron chi connectivity index (χ0n) is 41.7. The number of carbonyl (C=O) groups is 1. The van der Waals surface area contributed by atoms with Gasteiger partial charge in [-0.2, -0.15) is 4.57 Å². The minimum Gasteiger partial charge on any atom is -0.458 e. The summed E-state index contributed by atoms with van der Waals surface area (Å²) < 4.78 is 301. The van der Waals surface area contributed by atoms with Crippen LogP contribution in [0.1, 0.15) is 126 Å². The van der Waals surface area contributed by atoms with E-state index in [9.17, 15) is 57.5 Å². The Bertz CT molecular complexity index is 2730. The highest BCUT2D eigenvalue weighted by molar-refractivity contribution is 7.20. The van der Waals surface area contributed by atoms with Crippen molar-refractivity contribution in [1.29, 1.82) is 0 Å². The van der Waals surface area contributed by atoms with Gasteiger partial charge >= 0.3 is 11.7 Å². The first-order valence-corrected chi connectivity index (χ1v) is 24.8. The molecule has 1 aromatic heterocycles. The van der Waals surface area contributed by atoms with E-state index in [-0.39, 0.29) is 5.97 Å². The third kappa shape index (κ3) is 13.5. The van der Waals surface area contributed by atoms with Gasteiger partial charge in [0.25, 0.3) is 0 Å². The summed E-state index contributed by atoms with van der Waals surface area (Å²) in [5.41, 5.74) is -12.7. The molecule has 428 valence electrons. The van der Waals surface area contributed by atoms with Crippen LogP contribution >= 0.6 is 0 Å². The third-order valence-electron chi connectivity index (χ3n) is 13.2. The average molecular weight is 1150 g/mol. The van der Waals surface area contributed by atoms with Gasteiger partial charge in [0.15, 0.2) is 82.5 Å². The van der Waals surface area contributed by atoms with Gasteiger partial charge in [0, 0.05) is 5.56 Å². The van der Waals surface area contributed by atoms with Crippen molar-refractivity contribution in [3.8, 4) is 0 Å². The van der Waals surface area contributed by atoms with Crippen molar-refractivity contribution < 1.29 is 102 Å². The van der Waals surface area contributed by atoms with E-state index in [1.165, 1.54) is 89.9 Å². The van der Waals surface area contributed by atoms with Gasteiger partial charge in [0.05, 0.1) is 12.8 Å². The second kappa shape index (κ2) is 28.5. The number of rotatable bonds is 24. The molecule has 0 radical (unpaired) electrons. The fraction of sp³-hybridized carbons (Fsp3) is 0.352. The standard InChI is InChI=1S/C30H47N2O2.C24BF20/c1-2-3-4-5-6-7-8-9-10-11-12-13-14-15-16-20-25-34-30(33)29-26-31-23-24-32(29)27-28-21-18-17-19-22-28;26-5-1(6(27)14(35)21(42)13(5)34)25(2-7(28)15(36)22(43)16(37)8(2)29,3-9(30)17(38)23(44)18(39)10(3)31)4-11(32)19(40)24(45)20(41)12(4)33/h17-19,21-24,26H,2-16,20,25,27H2,1H3;/q+1;-1.